The van der Waals surface area contributed by atoms with Crippen LogP contribution in [0.3, 0.4) is 0 Å². The summed E-state index contributed by atoms with van der Waals surface area (Å²) in [5, 5.41) is 3.34. The van der Waals surface area contributed by atoms with Gasteiger partial charge in [0.1, 0.15) is 0 Å². The molecule has 0 saturated carbocycles. The highest BCUT2D eigenvalue weighted by Gasteiger charge is 2.26. The number of hydrogen-bond acceptors (Lipinski definition) is 3. The topological polar surface area (TPSA) is 55.1 Å². The van der Waals surface area contributed by atoms with Crippen LogP contribution in [0.25, 0.3) is 10.1 Å². The largest absolute Gasteiger partial charge is 0.399 e. The number of hydrogen-bond donors (Lipinski definition) is 2. The van der Waals surface area contributed by atoms with Crippen molar-refractivity contribution in [3.63, 3.8) is 0 Å². The predicted octanol–water partition coefficient (Wildman–Crippen LogP) is 3.56. The molecule has 0 aliphatic carbocycles. The normalized spacial score (nSPS) is 11.8. The Hall–Kier alpha value is -1.76. The number of alkyl halides is 3. The number of fused-ring (bicyclic) bond motifs is 1. The molecule has 108 valence electrons. The van der Waals surface area contributed by atoms with Crippen molar-refractivity contribution in [2.75, 3.05) is 12.3 Å². The fourth-order valence-electron chi connectivity index (χ4n) is 1.75. The third kappa shape index (κ3) is 3.86. The summed E-state index contributed by atoms with van der Waals surface area (Å²) in [5.74, 6) is -0.355. The van der Waals surface area contributed by atoms with Crippen LogP contribution in [0.15, 0.2) is 24.3 Å². The molecule has 0 saturated heterocycles. The third-order valence-corrected chi connectivity index (χ3v) is 3.80. The number of nitrogen functional groups attached to an aromatic ring is 1. The Labute approximate surface area is 117 Å². The Morgan fingerprint density at radius 1 is 1.30 bits per heavy atom. The molecular formula is C13H13F3N2OS. The number of anilines is 1. The Balaban J connectivity index is 1.94. The number of halogens is 3. The smallest absolute Gasteiger partial charge is 0.389 e. The van der Waals surface area contributed by atoms with Gasteiger partial charge in [0.25, 0.3) is 5.91 Å². The van der Waals surface area contributed by atoms with E-state index in [0.29, 0.717) is 10.6 Å². The van der Waals surface area contributed by atoms with Crippen molar-refractivity contribution in [3.05, 3.63) is 29.1 Å². The standard InChI is InChI=1S/C13H13F3N2OS/c14-13(15,16)4-1-5-18-12(19)11-7-8-6-9(17)2-3-10(8)20-11/h2-3,6-7H,1,4-5,17H2,(H,18,19). The molecule has 0 spiro atoms. The average molecular weight is 302 g/mol. The lowest BCUT2D eigenvalue weighted by molar-refractivity contribution is -0.135. The number of carbonyl (C=O) groups excluding carboxylic acids is 1. The molecule has 2 aromatic rings. The number of nitrogens with two attached hydrogens (primary N) is 1. The zero-order valence-corrected chi connectivity index (χ0v) is 11.3. The quantitative estimate of drug-likeness (QED) is 0.670. The zero-order valence-electron chi connectivity index (χ0n) is 10.5. The van der Waals surface area contributed by atoms with Crippen molar-refractivity contribution < 1.29 is 18.0 Å². The maximum Gasteiger partial charge on any atom is 0.389 e. The number of rotatable bonds is 4. The zero-order chi connectivity index (χ0) is 14.8. The summed E-state index contributed by atoms with van der Waals surface area (Å²) < 4.78 is 36.8. The number of nitrogens with one attached hydrogen (secondary N) is 1. The molecule has 1 aromatic heterocycles. The van der Waals surface area contributed by atoms with E-state index in [1.807, 2.05) is 6.07 Å². The average Bonchev–Trinajstić information content (AvgIpc) is 2.76. The van der Waals surface area contributed by atoms with Gasteiger partial charge < -0.3 is 11.1 Å². The fraction of sp³-hybridized carbons (Fsp3) is 0.308. The summed E-state index contributed by atoms with van der Waals surface area (Å²) in [6.07, 6.45) is -5.19. The van der Waals surface area contributed by atoms with E-state index in [9.17, 15) is 18.0 Å². The van der Waals surface area contributed by atoms with Crippen LogP contribution in [-0.4, -0.2) is 18.6 Å². The van der Waals surface area contributed by atoms with Crippen LogP contribution in [0.4, 0.5) is 18.9 Å². The molecule has 7 heteroatoms. The molecule has 0 unspecified atom stereocenters. The number of benzene rings is 1. The SMILES string of the molecule is Nc1ccc2sc(C(=O)NCCCC(F)(F)F)cc2c1. The van der Waals surface area contributed by atoms with Gasteiger partial charge in [0.2, 0.25) is 0 Å². The van der Waals surface area contributed by atoms with Crippen molar-refractivity contribution >= 4 is 33.0 Å². The summed E-state index contributed by atoms with van der Waals surface area (Å²) in [5.41, 5.74) is 6.25. The molecule has 0 aliphatic rings. The highest BCUT2D eigenvalue weighted by atomic mass is 32.1. The van der Waals surface area contributed by atoms with Crippen LogP contribution in [0.5, 0.6) is 0 Å². The van der Waals surface area contributed by atoms with Gasteiger partial charge in [0, 0.05) is 23.4 Å². The van der Waals surface area contributed by atoms with Crippen LogP contribution in [0, 0.1) is 0 Å². The molecule has 3 nitrogen and oxygen atoms in total. The minimum Gasteiger partial charge on any atom is -0.399 e. The van der Waals surface area contributed by atoms with Gasteiger partial charge in [-0.3, -0.25) is 4.79 Å². The summed E-state index contributed by atoms with van der Waals surface area (Å²) in [4.78, 5) is 12.3. The molecule has 20 heavy (non-hydrogen) atoms. The van der Waals surface area contributed by atoms with Crippen molar-refractivity contribution in [2.45, 2.75) is 19.0 Å². The van der Waals surface area contributed by atoms with E-state index in [1.165, 1.54) is 11.3 Å². The molecule has 0 atom stereocenters. The second-order valence-electron chi connectivity index (χ2n) is 4.38. The van der Waals surface area contributed by atoms with E-state index in [-0.39, 0.29) is 18.9 Å². The monoisotopic (exact) mass is 302 g/mol. The van der Waals surface area contributed by atoms with Crippen LogP contribution in [0.1, 0.15) is 22.5 Å². The number of amides is 1. The lowest BCUT2D eigenvalue weighted by Crippen LogP contribution is -2.24. The van der Waals surface area contributed by atoms with Crippen molar-refractivity contribution in [1.29, 1.82) is 0 Å². The minimum absolute atomic E-state index is 0.00866. The van der Waals surface area contributed by atoms with Gasteiger partial charge in [0.05, 0.1) is 4.88 Å². The summed E-state index contributed by atoms with van der Waals surface area (Å²) in [6.45, 7) is 0.00866. The highest BCUT2D eigenvalue weighted by molar-refractivity contribution is 7.20. The second kappa shape index (κ2) is 5.70. The summed E-state index contributed by atoms with van der Waals surface area (Å²) in [6, 6.07) is 7.00. The van der Waals surface area contributed by atoms with Crippen molar-refractivity contribution in [1.82, 2.24) is 5.32 Å². The Bertz CT molecular complexity index is 622. The van der Waals surface area contributed by atoms with E-state index in [0.717, 1.165) is 10.1 Å². The fourth-order valence-corrected chi connectivity index (χ4v) is 2.71. The molecule has 3 N–H and O–H groups in total. The predicted molar refractivity (Wildman–Crippen MR) is 73.9 cm³/mol. The second-order valence-corrected chi connectivity index (χ2v) is 5.47. The number of carbonyl (C=O) groups is 1. The van der Waals surface area contributed by atoms with E-state index in [1.54, 1.807) is 18.2 Å². The molecule has 0 radical (unpaired) electrons. The summed E-state index contributed by atoms with van der Waals surface area (Å²) in [7, 11) is 0. The van der Waals surface area contributed by atoms with Gasteiger partial charge >= 0.3 is 6.18 Å². The van der Waals surface area contributed by atoms with Crippen LogP contribution in [0.2, 0.25) is 0 Å². The van der Waals surface area contributed by atoms with Gasteiger partial charge in [0.15, 0.2) is 0 Å². The van der Waals surface area contributed by atoms with Crippen molar-refractivity contribution in [3.8, 4) is 0 Å². The first-order valence-electron chi connectivity index (χ1n) is 5.99. The summed E-state index contributed by atoms with van der Waals surface area (Å²) >= 11 is 1.29. The van der Waals surface area contributed by atoms with Crippen molar-refractivity contribution in [2.24, 2.45) is 0 Å². The van der Waals surface area contributed by atoms with Gasteiger partial charge in [-0.15, -0.1) is 11.3 Å². The van der Waals surface area contributed by atoms with Crippen LogP contribution >= 0.6 is 11.3 Å². The van der Waals surface area contributed by atoms with Gasteiger partial charge in [-0.05, 0) is 36.1 Å². The Morgan fingerprint density at radius 2 is 2.05 bits per heavy atom. The lowest BCUT2D eigenvalue weighted by atomic mass is 10.2. The van der Waals surface area contributed by atoms with Gasteiger partial charge in [-0.25, -0.2) is 0 Å². The Morgan fingerprint density at radius 3 is 2.75 bits per heavy atom. The van der Waals surface area contributed by atoms with E-state index in [4.69, 9.17) is 5.73 Å². The first-order chi connectivity index (χ1) is 9.35. The molecular weight excluding hydrogens is 289 g/mol. The lowest BCUT2D eigenvalue weighted by Gasteiger charge is -2.06. The van der Waals surface area contributed by atoms with Gasteiger partial charge in [-0.1, -0.05) is 0 Å². The molecule has 1 heterocycles. The van der Waals surface area contributed by atoms with E-state index in [2.05, 4.69) is 5.32 Å². The van der Waals surface area contributed by atoms with Gasteiger partial charge in [-0.2, -0.15) is 13.2 Å². The molecule has 1 aromatic carbocycles. The maximum absolute atomic E-state index is 12.0. The minimum atomic E-state index is -4.18. The van der Waals surface area contributed by atoms with Crippen LogP contribution in [-0.2, 0) is 0 Å². The Kier molecular flexibility index (Phi) is 4.17. The molecule has 1 amide bonds. The highest BCUT2D eigenvalue weighted by Crippen LogP contribution is 2.27. The molecule has 0 fully saturated rings. The van der Waals surface area contributed by atoms with E-state index >= 15 is 0 Å². The number of thiophene rings is 1. The van der Waals surface area contributed by atoms with Crippen LogP contribution < -0.4 is 11.1 Å². The molecule has 2 rings (SSSR count). The molecule has 0 bridgehead atoms. The maximum atomic E-state index is 12.0. The first-order valence-corrected chi connectivity index (χ1v) is 6.81. The van der Waals surface area contributed by atoms with E-state index < -0.39 is 12.6 Å². The third-order valence-electron chi connectivity index (χ3n) is 2.69. The first kappa shape index (κ1) is 14.6. The molecule has 0 aliphatic heterocycles.